The van der Waals surface area contributed by atoms with E-state index < -0.39 is 0 Å². The second-order valence-electron chi connectivity index (χ2n) is 4.88. The number of nitrogens with zero attached hydrogens (tertiary/aromatic N) is 3. The van der Waals surface area contributed by atoms with Crippen molar-refractivity contribution >= 4 is 0 Å². The summed E-state index contributed by atoms with van der Waals surface area (Å²) in [6.45, 7) is 3.36. The third-order valence-electron chi connectivity index (χ3n) is 3.51. The lowest BCUT2D eigenvalue weighted by molar-refractivity contribution is 0.249. The predicted octanol–water partition coefficient (Wildman–Crippen LogP) is 1.86. The van der Waals surface area contributed by atoms with E-state index in [9.17, 15) is 4.39 Å². The Morgan fingerprint density at radius 2 is 2.17 bits per heavy atom. The number of hydrogen-bond acceptors (Lipinski definition) is 3. The minimum atomic E-state index is -0.188. The first-order valence-corrected chi connectivity index (χ1v) is 6.23. The summed E-state index contributed by atoms with van der Waals surface area (Å²) in [4.78, 5) is 4.45. The molecule has 1 fully saturated rings. The molecule has 0 aliphatic carbocycles. The summed E-state index contributed by atoms with van der Waals surface area (Å²) in [7, 11) is 2.00. The van der Waals surface area contributed by atoms with Gasteiger partial charge in [0.25, 0.3) is 0 Å². The highest BCUT2D eigenvalue weighted by molar-refractivity contribution is 5.16. The Morgan fingerprint density at radius 1 is 1.44 bits per heavy atom. The summed E-state index contributed by atoms with van der Waals surface area (Å²) in [6.07, 6.45) is 1.10. The van der Waals surface area contributed by atoms with Gasteiger partial charge in [0.05, 0.1) is 12.6 Å². The van der Waals surface area contributed by atoms with E-state index in [1.165, 1.54) is 12.1 Å². The van der Waals surface area contributed by atoms with Crippen molar-refractivity contribution in [2.75, 3.05) is 26.7 Å². The molecular formula is C14H18FN3. The number of nitriles is 1. The lowest BCUT2D eigenvalue weighted by atomic mass is 10.2. The van der Waals surface area contributed by atoms with Crippen molar-refractivity contribution in [3.8, 4) is 6.07 Å². The molecule has 0 N–H and O–H groups in total. The number of likely N-dealkylation sites (N-methyl/N-ethyl adjacent to an activating group) is 1. The maximum Gasteiger partial charge on any atom is 0.123 e. The fraction of sp³-hybridized carbons (Fsp3) is 0.500. The van der Waals surface area contributed by atoms with E-state index in [0.717, 1.165) is 31.6 Å². The van der Waals surface area contributed by atoms with Crippen molar-refractivity contribution in [2.24, 2.45) is 0 Å². The average molecular weight is 247 g/mol. The van der Waals surface area contributed by atoms with Crippen molar-refractivity contribution in [1.29, 1.82) is 5.26 Å². The topological polar surface area (TPSA) is 30.3 Å². The summed E-state index contributed by atoms with van der Waals surface area (Å²) in [5, 5.41) is 8.68. The Morgan fingerprint density at radius 3 is 2.83 bits per heavy atom. The van der Waals surface area contributed by atoms with Gasteiger partial charge < -0.3 is 0 Å². The van der Waals surface area contributed by atoms with Crippen LogP contribution in [0.25, 0.3) is 0 Å². The Labute approximate surface area is 107 Å². The van der Waals surface area contributed by atoms with E-state index >= 15 is 0 Å². The number of hydrogen-bond donors (Lipinski definition) is 0. The van der Waals surface area contributed by atoms with Crippen LogP contribution in [0.2, 0.25) is 0 Å². The quantitative estimate of drug-likeness (QED) is 0.761. The highest BCUT2D eigenvalue weighted by Crippen LogP contribution is 2.17. The van der Waals surface area contributed by atoms with Gasteiger partial charge in [-0.15, -0.1) is 0 Å². The normalized spacial score (nSPS) is 20.2. The van der Waals surface area contributed by atoms with E-state index in [1.54, 1.807) is 0 Å². The fourth-order valence-electron chi connectivity index (χ4n) is 2.40. The van der Waals surface area contributed by atoms with Gasteiger partial charge in [-0.2, -0.15) is 5.26 Å². The van der Waals surface area contributed by atoms with Gasteiger partial charge in [0.2, 0.25) is 0 Å². The van der Waals surface area contributed by atoms with Crippen LogP contribution in [0.15, 0.2) is 24.3 Å². The van der Waals surface area contributed by atoms with Gasteiger partial charge in [-0.3, -0.25) is 9.80 Å². The molecule has 1 aromatic rings. The van der Waals surface area contributed by atoms with Crippen LogP contribution in [0, 0.1) is 17.1 Å². The zero-order valence-corrected chi connectivity index (χ0v) is 10.6. The summed E-state index contributed by atoms with van der Waals surface area (Å²) in [5.74, 6) is -0.188. The standard InChI is InChI=1S/C14H18FN3/c1-17(9-7-16)14-6-8-18(11-14)10-12-2-4-13(15)5-3-12/h2-5,14H,6,8-11H2,1H3. The zero-order valence-electron chi connectivity index (χ0n) is 10.6. The lowest BCUT2D eigenvalue weighted by Crippen LogP contribution is -2.34. The number of benzene rings is 1. The van der Waals surface area contributed by atoms with Crippen LogP contribution in [-0.4, -0.2) is 42.5 Å². The summed E-state index contributed by atoms with van der Waals surface area (Å²) < 4.78 is 12.8. The molecule has 1 aliphatic rings. The largest absolute Gasteiger partial charge is 0.297 e. The van der Waals surface area contributed by atoms with Crippen molar-refractivity contribution < 1.29 is 4.39 Å². The summed E-state index contributed by atoms with van der Waals surface area (Å²) >= 11 is 0. The molecule has 1 aromatic carbocycles. The van der Waals surface area contributed by atoms with E-state index in [0.29, 0.717) is 12.6 Å². The van der Waals surface area contributed by atoms with Gasteiger partial charge in [0.1, 0.15) is 5.82 Å². The Bertz CT molecular complexity index is 424. The molecule has 1 unspecified atom stereocenters. The molecular weight excluding hydrogens is 229 g/mol. The Balaban J connectivity index is 1.86. The van der Waals surface area contributed by atoms with Gasteiger partial charge in [-0.05, 0) is 31.2 Å². The van der Waals surface area contributed by atoms with Crippen molar-refractivity contribution in [2.45, 2.75) is 19.0 Å². The van der Waals surface area contributed by atoms with Gasteiger partial charge in [0.15, 0.2) is 0 Å². The fourth-order valence-corrected chi connectivity index (χ4v) is 2.40. The third kappa shape index (κ3) is 3.28. The molecule has 18 heavy (non-hydrogen) atoms. The van der Waals surface area contributed by atoms with Gasteiger partial charge in [-0.1, -0.05) is 12.1 Å². The molecule has 1 saturated heterocycles. The van der Waals surface area contributed by atoms with E-state index in [-0.39, 0.29) is 5.82 Å². The Kier molecular flexibility index (Phi) is 4.29. The van der Waals surface area contributed by atoms with Gasteiger partial charge in [-0.25, -0.2) is 4.39 Å². The van der Waals surface area contributed by atoms with Crippen molar-refractivity contribution in [3.05, 3.63) is 35.6 Å². The number of halogens is 1. The third-order valence-corrected chi connectivity index (χ3v) is 3.51. The molecule has 1 aliphatic heterocycles. The molecule has 0 bridgehead atoms. The molecule has 2 rings (SSSR count). The van der Waals surface area contributed by atoms with Gasteiger partial charge in [0, 0.05) is 25.7 Å². The molecule has 1 heterocycles. The molecule has 0 spiro atoms. The minimum Gasteiger partial charge on any atom is -0.297 e. The van der Waals surface area contributed by atoms with Crippen LogP contribution >= 0.6 is 0 Å². The molecule has 0 amide bonds. The van der Waals surface area contributed by atoms with Crippen LogP contribution in [0.4, 0.5) is 4.39 Å². The van der Waals surface area contributed by atoms with Crippen LogP contribution in [-0.2, 0) is 6.54 Å². The van der Waals surface area contributed by atoms with Crippen molar-refractivity contribution in [1.82, 2.24) is 9.80 Å². The SMILES string of the molecule is CN(CC#N)C1CCN(Cc2ccc(F)cc2)C1. The molecule has 0 saturated carbocycles. The van der Waals surface area contributed by atoms with E-state index in [4.69, 9.17) is 5.26 Å². The number of likely N-dealkylation sites (tertiary alicyclic amines) is 1. The summed E-state index contributed by atoms with van der Waals surface area (Å²) in [6, 6.07) is 9.32. The molecule has 96 valence electrons. The highest BCUT2D eigenvalue weighted by atomic mass is 19.1. The second-order valence-corrected chi connectivity index (χ2v) is 4.88. The second kappa shape index (κ2) is 5.94. The first-order chi connectivity index (χ1) is 8.69. The molecule has 3 nitrogen and oxygen atoms in total. The molecule has 1 atom stereocenters. The van der Waals surface area contributed by atoms with Crippen LogP contribution < -0.4 is 0 Å². The maximum absolute atomic E-state index is 12.8. The zero-order chi connectivity index (χ0) is 13.0. The van der Waals surface area contributed by atoms with E-state index in [2.05, 4.69) is 15.9 Å². The lowest BCUT2D eigenvalue weighted by Gasteiger charge is -2.22. The van der Waals surface area contributed by atoms with E-state index in [1.807, 2.05) is 19.2 Å². The monoisotopic (exact) mass is 247 g/mol. The van der Waals surface area contributed by atoms with Crippen molar-refractivity contribution in [3.63, 3.8) is 0 Å². The predicted molar refractivity (Wildman–Crippen MR) is 68.3 cm³/mol. The molecule has 0 radical (unpaired) electrons. The first-order valence-electron chi connectivity index (χ1n) is 6.23. The maximum atomic E-state index is 12.8. The smallest absolute Gasteiger partial charge is 0.123 e. The minimum absolute atomic E-state index is 0.188. The highest BCUT2D eigenvalue weighted by Gasteiger charge is 2.25. The van der Waals surface area contributed by atoms with Crippen LogP contribution in [0.1, 0.15) is 12.0 Å². The average Bonchev–Trinajstić information content (AvgIpc) is 2.81. The number of rotatable bonds is 4. The van der Waals surface area contributed by atoms with Crippen LogP contribution in [0.5, 0.6) is 0 Å². The summed E-state index contributed by atoms with van der Waals surface area (Å²) in [5.41, 5.74) is 1.14. The molecule has 4 heteroatoms. The van der Waals surface area contributed by atoms with Crippen LogP contribution in [0.3, 0.4) is 0 Å². The first kappa shape index (κ1) is 13.0. The Hall–Kier alpha value is -1.44. The molecule has 0 aromatic heterocycles. The van der Waals surface area contributed by atoms with Gasteiger partial charge >= 0.3 is 0 Å².